The summed E-state index contributed by atoms with van der Waals surface area (Å²) in [7, 11) is 0. The van der Waals surface area contributed by atoms with Crippen molar-refractivity contribution in [2.24, 2.45) is 0 Å². The van der Waals surface area contributed by atoms with Crippen LogP contribution in [0.1, 0.15) is 29.3 Å². The maximum absolute atomic E-state index is 14.4. The SMILES string of the molecule is C/C=C\c1ncc(F)c(-c2ccc3c(ccc4sc5c(c43)NC[C@@H](C)NC5=O)n2)n1. The van der Waals surface area contributed by atoms with Gasteiger partial charge in [0.25, 0.3) is 5.91 Å². The number of carbonyl (C=O) groups excluding carboxylic acids is 1. The van der Waals surface area contributed by atoms with Crippen molar-refractivity contribution in [2.75, 3.05) is 11.9 Å². The Bertz CT molecular complexity index is 1350. The highest BCUT2D eigenvalue weighted by Gasteiger charge is 2.25. The van der Waals surface area contributed by atoms with Crippen LogP contribution in [0.5, 0.6) is 0 Å². The van der Waals surface area contributed by atoms with Gasteiger partial charge in [-0.05, 0) is 44.2 Å². The van der Waals surface area contributed by atoms with Gasteiger partial charge in [-0.25, -0.2) is 19.3 Å². The minimum absolute atomic E-state index is 0.0407. The van der Waals surface area contributed by atoms with Gasteiger partial charge in [0.15, 0.2) is 11.6 Å². The van der Waals surface area contributed by atoms with Crippen LogP contribution in [0.3, 0.4) is 0 Å². The number of nitrogens with one attached hydrogen (secondary N) is 2. The van der Waals surface area contributed by atoms with Crippen LogP contribution >= 0.6 is 11.3 Å². The van der Waals surface area contributed by atoms with Gasteiger partial charge >= 0.3 is 0 Å². The zero-order valence-corrected chi connectivity index (χ0v) is 17.2. The smallest absolute Gasteiger partial charge is 0.263 e. The molecule has 3 aromatic heterocycles. The van der Waals surface area contributed by atoms with Gasteiger partial charge in [0.1, 0.15) is 10.6 Å². The lowest BCUT2D eigenvalue weighted by molar-refractivity contribution is 0.0949. The largest absolute Gasteiger partial charge is 0.381 e. The summed E-state index contributed by atoms with van der Waals surface area (Å²) in [6.07, 6.45) is 4.68. The number of hydrogen-bond acceptors (Lipinski definition) is 6. The average molecular weight is 419 g/mol. The monoisotopic (exact) mass is 419 g/mol. The van der Waals surface area contributed by atoms with Gasteiger partial charge in [-0.15, -0.1) is 11.3 Å². The van der Waals surface area contributed by atoms with Crippen molar-refractivity contribution < 1.29 is 9.18 Å². The quantitative estimate of drug-likeness (QED) is 0.496. The molecule has 0 bridgehead atoms. The number of benzene rings is 1. The fourth-order valence-electron chi connectivity index (χ4n) is 3.65. The third-order valence-electron chi connectivity index (χ3n) is 5.01. The first kappa shape index (κ1) is 18.6. The summed E-state index contributed by atoms with van der Waals surface area (Å²) < 4.78 is 15.4. The summed E-state index contributed by atoms with van der Waals surface area (Å²) in [5.74, 6) is -0.160. The maximum Gasteiger partial charge on any atom is 0.263 e. The molecule has 1 aromatic carbocycles. The maximum atomic E-state index is 14.4. The van der Waals surface area contributed by atoms with Gasteiger partial charge in [-0.1, -0.05) is 6.08 Å². The van der Waals surface area contributed by atoms with E-state index < -0.39 is 5.82 Å². The molecule has 0 unspecified atom stereocenters. The lowest BCUT2D eigenvalue weighted by Gasteiger charge is -2.10. The average Bonchev–Trinajstić information content (AvgIpc) is 3.06. The highest BCUT2D eigenvalue weighted by atomic mass is 32.1. The van der Waals surface area contributed by atoms with Gasteiger partial charge in [-0.2, -0.15) is 0 Å². The zero-order valence-electron chi connectivity index (χ0n) is 16.4. The normalized spacial score (nSPS) is 16.5. The lowest BCUT2D eigenvalue weighted by atomic mass is 10.1. The second-order valence-electron chi connectivity index (χ2n) is 7.19. The van der Waals surface area contributed by atoms with E-state index >= 15 is 0 Å². The summed E-state index contributed by atoms with van der Waals surface area (Å²) in [6, 6.07) is 7.56. The molecule has 0 saturated carbocycles. The third-order valence-corrected chi connectivity index (χ3v) is 6.17. The second-order valence-corrected chi connectivity index (χ2v) is 8.24. The van der Waals surface area contributed by atoms with Gasteiger partial charge in [-0.3, -0.25) is 4.79 Å². The van der Waals surface area contributed by atoms with E-state index in [0.29, 0.717) is 28.5 Å². The molecule has 2 N–H and O–H groups in total. The molecule has 0 aliphatic carbocycles. The van der Waals surface area contributed by atoms with Crippen molar-refractivity contribution in [3.8, 4) is 11.4 Å². The molecule has 0 radical (unpaired) electrons. The summed E-state index contributed by atoms with van der Waals surface area (Å²) in [5.41, 5.74) is 2.15. The molecule has 5 rings (SSSR count). The molecular formula is C22H18FN5OS. The van der Waals surface area contributed by atoms with Gasteiger partial charge in [0.05, 0.1) is 23.1 Å². The number of allylic oxidation sites excluding steroid dienone is 1. The van der Waals surface area contributed by atoms with E-state index in [9.17, 15) is 9.18 Å². The Morgan fingerprint density at radius 2 is 2.10 bits per heavy atom. The predicted molar refractivity (Wildman–Crippen MR) is 118 cm³/mol. The molecule has 1 aliphatic rings. The molecule has 1 atom stereocenters. The zero-order chi connectivity index (χ0) is 20.8. The number of hydrogen-bond donors (Lipinski definition) is 2. The topological polar surface area (TPSA) is 79.8 Å². The van der Waals surface area contributed by atoms with Crippen LogP contribution < -0.4 is 10.6 Å². The number of anilines is 1. The number of halogens is 1. The molecule has 8 heteroatoms. The minimum atomic E-state index is -0.520. The van der Waals surface area contributed by atoms with Crippen molar-refractivity contribution in [2.45, 2.75) is 19.9 Å². The standard InChI is InChI=1S/C22H18FN5OS/c1-3-4-17-24-10-13(23)19(28-17)15-6-5-12-14(27-15)7-8-16-18(12)20-21(30-16)22(29)26-11(2)9-25-20/h3-8,10-11,25H,9H2,1-2H3,(H,26,29)/b4-3-/t11-/m1/s1. The Morgan fingerprint density at radius 1 is 1.23 bits per heavy atom. The van der Waals surface area contributed by atoms with E-state index in [1.165, 1.54) is 11.3 Å². The summed E-state index contributed by atoms with van der Waals surface area (Å²) in [4.78, 5) is 26.2. The lowest BCUT2D eigenvalue weighted by Crippen LogP contribution is -2.34. The van der Waals surface area contributed by atoms with Crippen LogP contribution in [0.4, 0.5) is 10.1 Å². The van der Waals surface area contributed by atoms with Crippen LogP contribution in [0.15, 0.2) is 36.5 Å². The first-order valence-electron chi connectivity index (χ1n) is 9.61. The Labute approximate surface area is 175 Å². The van der Waals surface area contributed by atoms with Gasteiger partial charge in [0.2, 0.25) is 0 Å². The Balaban J connectivity index is 1.70. The molecule has 4 aromatic rings. The molecule has 150 valence electrons. The highest BCUT2D eigenvalue weighted by Crippen LogP contribution is 2.41. The molecule has 1 amide bonds. The number of thiophene rings is 1. The number of pyridine rings is 1. The van der Waals surface area contributed by atoms with Crippen molar-refractivity contribution in [1.82, 2.24) is 20.3 Å². The minimum Gasteiger partial charge on any atom is -0.381 e. The molecule has 0 spiro atoms. The van der Waals surface area contributed by atoms with Crippen molar-refractivity contribution in [3.63, 3.8) is 0 Å². The van der Waals surface area contributed by atoms with E-state index in [1.807, 2.05) is 32.0 Å². The molecule has 0 saturated heterocycles. The van der Waals surface area contributed by atoms with Crippen molar-refractivity contribution in [3.05, 3.63) is 53.1 Å². The third kappa shape index (κ3) is 3.00. The van der Waals surface area contributed by atoms with E-state index in [2.05, 4.69) is 25.6 Å². The van der Waals surface area contributed by atoms with Gasteiger partial charge in [0, 0.05) is 28.1 Å². The van der Waals surface area contributed by atoms with E-state index in [-0.39, 0.29) is 17.6 Å². The number of fused-ring (bicyclic) bond motifs is 5. The van der Waals surface area contributed by atoms with Crippen LogP contribution in [-0.4, -0.2) is 33.4 Å². The molecule has 4 heterocycles. The van der Waals surface area contributed by atoms with Crippen LogP contribution in [0.25, 0.3) is 38.5 Å². The number of aromatic nitrogens is 3. The van der Waals surface area contributed by atoms with Gasteiger partial charge < -0.3 is 10.6 Å². The number of rotatable bonds is 2. The number of carbonyl (C=O) groups is 1. The molecule has 1 aliphatic heterocycles. The van der Waals surface area contributed by atoms with Crippen molar-refractivity contribution in [1.29, 1.82) is 0 Å². The number of nitrogens with zero attached hydrogens (tertiary/aromatic N) is 3. The predicted octanol–water partition coefficient (Wildman–Crippen LogP) is 4.62. The van der Waals surface area contributed by atoms with E-state index in [4.69, 9.17) is 0 Å². The molecule has 0 fully saturated rings. The number of amides is 1. The van der Waals surface area contributed by atoms with Crippen molar-refractivity contribution >= 4 is 50.0 Å². The first-order valence-corrected chi connectivity index (χ1v) is 10.4. The second kappa shape index (κ2) is 7.14. The molecule has 6 nitrogen and oxygen atoms in total. The fraction of sp³-hybridized carbons (Fsp3) is 0.182. The van der Waals surface area contributed by atoms with Crippen LogP contribution in [-0.2, 0) is 0 Å². The van der Waals surface area contributed by atoms with Crippen LogP contribution in [0, 0.1) is 5.82 Å². The summed E-state index contributed by atoms with van der Waals surface area (Å²) >= 11 is 1.46. The first-order chi connectivity index (χ1) is 14.5. The molecular weight excluding hydrogens is 401 g/mol. The van der Waals surface area contributed by atoms with E-state index in [0.717, 1.165) is 27.4 Å². The Kier molecular flexibility index (Phi) is 4.43. The summed E-state index contributed by atoms with van der Waals surface area (Å²) in [6.45, 7) is 4.46. The Hall–Kier alpha value is -3.39. The Morgan fingerprint density at radius 3 is 2.93 bits per heavy atom. The molecule has 30 heavy (non-hydrogen) atoms. The highest BCUT2D eigenvalue weighted by molar-refractivity contribution is 7.21. The van der Waals surface area contributed by atoms with Crippen LogP contribution in [0.2, 0.25) is 0 Å². The fourth-order valence-corrected chi connectivity index (χ4v) is 4.75. The summed E-state index contributed by atoms with van der Waals surface area (Å²) in [5, 5.41) is 8.28. The van der Waals surface area contributed by atoms with E-state index in [1.54, 1.807) is 18.2 Å².